The normalized spacial score (nSPS) is 16.7. The average molecular weight is 495 g/mol. The van der Waals surface area contributed by atoms with Crippen molar-refractivity contribution in [3.8, 4) is 0 Å². The number of nitrogens with zero attached hydrogens (tertiary/aromatic N) is 6. The van der Waals surface area contributed by atoms with Gasteiger partial charge in [0.2, 0.25) is 0 Å². The van der Waals surface area contributed by atoms with Crippen molar-refractivity contribution < 1.29 is 7.24 Å². The lowest BCUT2D eigenvalue weighted by atomic mass is 10.2. The van der Waals surface area contributed by atoms with Crippen molar-refractivity contribution >= 4 is 40.1 Å². The fourth-order valence-electron chi connectivity index (χ4n) is 4.48. The molecule has 184 valence electrons. The SMILES string of the molecule is Cc1ccc2cc(Sc3nc(Nc4cc(C)[nH]n4)cc(N4CCN(C5CC5)CC4)n3)cc(F)c2n1.[HH].[HH]. The van der Waals surface area contributed by atoms with Crippen LogP contribution in [0.4, 0.5) is 21.8 Å². The van der Waals surface area contributed by atoms with Crippen LogP contribution in [0.3, 0.4) is 0 Å². The van der Waals surface area contributed by atoms with E-state index in [1.54, 1.807) is 0 Å². The third-order valence-electron chi connectivity index (χ3n) is 6.42. The molecule has 10 heteroatoms. The molecule has 2 N–H and O–H groups in total. The van der Waals surface area contributed by atoms with E-state index >= 15 is 0 Å². The lowest BCUT2D eigenvalue weighted by Gasteiger charge is -2.35. The molecular formula is C25H31FN8S. The Morgan fingerprint density at radius 1 is 1.00 bits per heavy atom. The maximum atomic E-state index is 14.8. The number of rotatable bonds is 6. The third kappa shape index (κ3) is 4.94. The van der Waals surface area contributed by atoms with E-state index in [0.29, 0.717) is 22.3 Å². The summed E-state index contributed by atoms with van der Waals surface area (Å²) < 4.78 is 14.8. The summed E-state index contributed by atoms with van der Waals surface area (Å²) in [5, 5.41) is 11.8. The fraction of sp³-hybridized carbons (Fsp3) is 0.360. The summed E-state index contributed by atoms with van der Waals surface area (Å²) in [5.74, 6) is 1.88. The van der Waals surface area contributed by atoms with Gasteiger partial charge in [-0.1, -0.05) is 6.07 Å². The largest absolute Gasteiger partial charge is 0.354 e. The van der Waals surface area contributed by atoms with Gasteiger partial charge < -0.3 is 10.2 Å². The van der Waals surface area contributed by atoms with Crippen LogP contribution in [0.5, 0.6) is 0 Å². The first-order valence-corrected chi connectivity index (χ1v) is 12.7. The number of aromatic nitrogens is 5. The number of aryl methyl sites for hydroxylation is 2. The minimum atomic E-state index is -0.341. The molecule has 1 saturated carbocycles. The summed E-state index contributed by atoms with van der Waals surface area (Å²) in [6, 6.07) is 11.9. The van der Waals surface area contributed by atoms with E-state index in [4.69, 9.17) is 9.97 Å². The van der Waals surface area contributed by atoms with E-state index in [9.17, 15) is 4.39 Å². The monoisotopic (exact) mass is 494 g/mol. The molecule has 0 radical (unpaired) electrons. The Morgan fingerprint density at radius 3 is 2.57 bits per heavy atom. The molecule has 4 heterocycles. The highest BCUT2D eigenvalue weighted by atomic mass is 32.2. The molecule has 0 atom stereocenters. The second kappa shape index (κ2) is 9.09. The van der Waals surface area contributed by atoms with Crippen molar-refractivity contribution in [2.45, 2.75) is 42.8 Å². The molecule has 0 spiro atoms. The standard InChI is InChI=1S/C25H27FN8S.2H2/c1-15-3-4-17-12-19(13-20(26)24(17)27-15)35-25-29-21(28-22-11-16(2)31-32-22)14-23(30-25)34-9-7-33(8-10-34)18-5-6-18;;/h3-4,11-14,18H,5-10H2,1-2H3,(H2,28,29,30,31,32);2*1H. The molecule has 0 bridgehead atoms. The average Bonchev–Trinajstić information content (AvgIpc) is 3.62. The van der Waals surface area contributed by atoms with Crippen LogP contribution in [0, 0.1) is 19.7 Å². The molecule has 1 aliphatic carbocycles. The number of pyridine rings is 1. The van der Waals surface area contributed by atoms with Gasteiger partial charge >= 0.3 is 0 Å². The molecule has 4 aromatic rings. The zero-order valence-electron chi connectivity index (χ0n) is 19.8. The van der Waals surface area contributed by atoms with Crippen molar-refractivity contribution in [3.63, 3.8) is 0 Å². The number of aromatic amines is 1. The van der Waals surface area contributed by atoms with Gasteiger partial charge in [-0.15, -0.1) is 0 Å². The maximum absolute atomic E-state index is 14.8. The molecule has 0 unspecified atom stereocenters. The number of fused-ring (bicyclic) bond motifs is 1. The number of benzene rings is 1. The Balaban J connectivity index is 0.00000160. The molecule has 0 amide bonds. The molecule has 35 heavy (non-hydrogen) atoms. The van der Waals surface area contributed by atoms with Gasteiger partial charge in [0.15, 0.2) is 16.8 Å². The zero-order chi connectivity index (χ0) is 23.9. The molecule has 2 aliphatic rings. The topological polar surface area (TPSA) is 85.9 Å². The number of H-pyrrole nitrogens is 1. The van der Waals surface area contributed by atoms with E-state index in [-0.39, 0.29) is 8.67 Å². The van der Waals surface area contributed by atoms with Crippen molar-refractivity contribution in [2.24, 2.45) is 0 Å². The van der Waals surface area contributed by atoms with Gasteiger partial charge in [0, 0.05) is 68.9 Å². The first-order valence-electron chi connectivity index (χ1n) is 11.9. The summed E-state index contributed by atoms with van der Waals surface area (Å²) in [6.07, 6.45) is 2.64. The summed E-state index contributed by atoms with van der Waals surface area (Å²) in [5.41, 5.74) is 2.14. The summed E-state index contributed by atoms with van der Waals surface area (Å²) in [7, 11) is 0. The Labute approximate surface area is 210 Å². The van der Waals surface area contributed by atoms with E-state index in [2.05, 4.69) is 30.3 Å². The number of halogens is 1. The molecule has 8 nitrogen and oxygen atoms in total. The van der Waals surface area contributed by atoms with Crippen LogP contribution < -0.4 is 10.2 Å². The van der Waals surface area contributed by atoms with E-state index in [1.807, 2.05) is 44.2 Å². The van der Waals surface area contributed by atoms with Crippen LogP contribution in [0.2, 0.25) is 0 Å². The van der Waals surface area contributed by atoms with Crippen LogP contribution in [-0.4, -0.2) is 62.3 Å². The highest BCUT2D eigenvalue weighted by Gasteiger charge is 2.31. The van der Waals surface area contributed by atoms with Crippen LogP contribution >= 0.6 is 11.8 Å². The van der Waals surface area contributed by atoms with Gasteiger partial charge in [-0.3, -0.25) is 15.0 Å². The van der Waals surface area contributed by atoms with Crippen molar-refractivity contribution in [3.05, 3.63) is 53.6 Å². The molecule has 2 fully saturated rings. The Bertz CT molecular complexity index is 1390. The first-order chi connectivity index (χ1) is 17.0. The Morgan fingerprint density at radius 2 is 1.83 bits per heavy atom. The second-order valence-electron chi connectivity index (χ2n) is 9.24. The van der Waals surface area contributed by atoms with E-state index in [0.717, 1.165) is 59.7 Å². The van der Waals surface area contributed by atoms with Crippen molar-refractivity contribution in [2.75, 3.05) is 36.4 Å². The lowest BCUT2D eigenvalue weighted by molar-refractivity contribution is 0.247. The molecule has 1 saturated heterocycles. The number of nitrogens with one attached hydrogen (secondary N) is 2. The van der Waals surface area contributed by atoms with Crippen LogP contribution in [-0.2, 0) is 0 Å². The quantitative estimate of drug-likeness (QED) is 0.355. The van der Waals surface area contributed by atoms with Crippen LogP contribution in [0.15, 0.2) is 46.5 Å². The smallest absolute Gasteiger partial charge is 0.196 e. The third-order valence-corrected chi connectivity index (χ3v) is 7.26. The highest BCUT2D eigenvalue weighted by molar-refractivity contribution is 7.99. The van der Waals surface area contributed by atoms with Gasteiger partial charge in [-0.05, 0) is 56.7 Å². The molecule has 6 rings (SSSR count). The van der Waals surface area contributed by atoms with Gasteiger partial charge in [-0.2, -0.15) is 5.10 Å². The summed E-state index contributed by atoms with van der Waals surface area (Å²) in [4.78, 5) is 19.5. The molecule has 1 aliphatic heterocycles. The first kappa shape index (κ1) is 22.2. The number of piperazine rings is 1. The Kier molecular flexibility index (Phi) is 5.77. The second-order valence-corrected chi connectivity index (χ2v) is 10.3. The van der Waals surface area contributed by atoms with Crippen LogP contribution in [0.25, 0.3) is 10.9 Å². The van der Waals surface area contributed by atoms with E-state index < -0.39 is 0 Å². The number of hydrogen-bond acceptors (Lipinski definition) is 8. The van der Waals surface area contributed by atoms with Crippen LogP contribution in [0.1, 0.15) is 27.1 Å². The lowest BCUT2D eigenvalue weighted by Crippen LogP contribution is -2.47. The van der Waals surface area contributed by atoms with E-state index in [1.165, 1.54) is 30.7 Å². The summed E-state index contributed by atoms with van der Waals surface area (Å²) >= 11 is 1.35. The fourth-order valence-corrected chi connectivity index (χ4v) is 5.32. The Hall–Kier alpha value is -3.24. The minimum Gasteiger partial charge on any atom is -0.354 e. The number of hydrogen-bond donors (Lipinski definition) is 2. The predicted octanol–water partition coefficient (Wildman–Crippen LogP) is 5.18. The molecule has 1 aromatic carbocycles. The van der Waals surface area contributed by atoms with Gasteiger partial charge in [-0.25, -0.2) is 14.4 Å². The molecule has 3 aromatic heterocycles. The molecular weight excluding hydrogens is 463 g/mol. The number of anilines is 3. The van der Waals surface area contributed by atoms with Gasteiger partial charge in [0.25, 0.3) is 0 Å². The zero-order valence-corrected chi connectivity index (χ0v) is 20.6. The van der Waals surface area contributed by atoms with Crippen molar-refractivity contribution in [1.82, 2.24) is 30.0 Å². The maximum Gasteiger partial charge on any atom is 0.196 e. The minimum absolute atomic E-state index is 0. The van der Waals surface area contributed by atoms with Gasteiger partial charge in [0.1, 0.15) is 17.2 Å². The highest BCUT2D eigenvalue weighted by Crippen LogP contribution is 2.33. The van der Waals surface area contributed by atoms with Crippen molar-refractivity contribution in [1.29, 1.82) is 0 Å². The summed E-state index contributed by atoms with van der Waals surface area (Å²) in [6.45, 7) is 7.75. The van der Waals surface area contributed by atoms with Gasteiger partial charge in [0.05, 0.1) is 0 Å². The predicted molar refractivity (Wildman–Crippen MR) is 140 cm³/mol.